The van der Waals surface area contributed by atoms with Crippen LogP contribution in [-0.4, -0.2) is 38.4 Å². The summed E-state index contributed by atoms with van der Waals surface area (Å²) in [5, 5.41) is 16.1. The number of carbonyl (C=O) groups is 2. The number of aliphatic carboxylic acids is 2. The molecule has 0 spiro atoms. The number of rotatable bonds is 10. The van der Waals surface area contributed by atoms with E-state index in [2.05, 4.69) is 0 Å². The van der Waals surface area contributed by atoms with Gasteiger partial charge in [-0.2, -0.15) is 0 Å². The van der Waals surface area contributed by atoms with E-state index in [1.165, 1.54) is 6.92 Å². The summed E-state index contributed by atoms with van der Waals surface area (Å²) in [5.41, 5.74) is 1.12. The van der Waals surface area contributed by atoms with Gasteiger partial charge in [-0.05, 0) is 37.7 Å². The van der Waals surface area contributed by atoms with E-state index >= 15 is 0 Å². The monoisotopic (exact) mass is 356 g/mol. The Labute approximate surface area is 142 Å². The second kappa shape index (κ2) is 8.45. The maximum absolute atomic E-state index is 12.6. The van der Waals surface area contributed by atoms with Crippen molar-refractivity contribution in [2.45, 2.75) is 50.6 Å². The molecule has 0 heterocycles. The van der Waals surface area contributed by atoms with Crippen LogP contribution in [0.3, 0.4) is 0 Å². The van der Waals surface area contributed by atoms with E-state index in [4.69, 9.17) is 5.11 Å². The Kier molecular flexibility index (Phi) is 7.18. The van der Waals surface area contributed by atoms with Crippen LogP contribution in [-0.2, 0) is 14.2 Å². The van der Waals surface area contributed by atoms with Crippen molar-refractivity contribution in [3.05, 3.63) is 35.9 Å². The molecule has 3 N–H and O–H groups in total. The number of hydrogen-bond donors (Lipinski definition) is 3. The molecule has 1 rings (SSSR count). The minimum Gasteiger partial charge on any atom is -0.481 e. The number of benzene rings is 1. The van der Waals surface area contributed by atoms with Crippen molar-refractivity contribution >= 4 is 19.3 Å². The van der Waals surface area contributed by atoms with Crippen LogP contribution < -0.4 is 0 Å². The first-order valence-electron chi connectivity index (χ1n) is 7.92. The van der Waals surface area contributed by atoms with Crippen LogP contribution in [0.15, 0.2) is 30.3 Å². The fourth-order valence-electron chi connectivity index (χ4n) is 2.59. The number of hydrogen-bond acceptors (Lipinski definition) is 3. The Balaban J connectivity index is 2.70. The first-order chi connectivity index (χ1) is 11.1. The van der Waals surface area contributed by atoms with Crippen molar-refractivity contribution in [2.24, 2.45) is 0 Å². The normalized spacial score (nSPS) is 17.5. The standard InChI is InChI=1S/C17H25O6P/c1-13(14-8-4-3-5-9-14)7-6-12-24(22,23)17(2,16(20)21)11-10-15(18)19/h3-5,8-9,13H,6-7,10-12H2,1-2H3,(H,18,19)(H,20,21)(H,22,23). The molecule has 0 saturated carbocycles. The minimum atomic E-state index is -4.04. The van der Waals surface area contributed by atoms with Crippen LogP contribution in [0, 0.1) is 0 Å². The van der Waals surface area contributed by atoms with Crippen LogP contribution in [0.1, 0.15) is 51.0 Å². The molecule has 0 aliphatic heterocycles. The third kappa shape index (κ3) is 5.18. The van der Waals surface area contributed by atoms with Gasteiger partial charge in [0.25, 0.3) is 0 Å². The van der Waals surface area contributed by atoms with Gasteiger partial charge in [-0.25, -0.2) is 0 Å². The van der Waals surface area contributed by atoms with Gasteiger partial charge < -0.3 is 15.1 Å². The Bertz CT molecular complexity index is 615. The molecule has 3 atom stereocenters. The van der Waals surface area contributed by atoms with Gasteiger partial charge in [-0.3, -0.25) is 14.2 Å². The van der Waals surface area contributed by atoms with Gasteiger partial charge in [-0.1, -0.05) is 37.3 Å². The maximum atomic E-state index is 12.6. The lowest BCUT2D eigenvalue weighted by Crippen LogP contribution is -2.36. The fourth-order valence-corrected chi connectivity index (χ4v) is 4.45. The topological polar surface area (TPSA) is 112 Å². The highest BCUT2D eigenvalue weighted by Crippen LogP contribution is 2.57. The van der Waals surface area contributed by atoms with Crippen LogP contribution in [0.4, 0.5) is 0 Å². The summed E-state index contributed by atoms with van der Waals surface area (Å²) in [6.45, 7) is 3.18. The van der Waals surface area contributed by atoms with E-state index in [1.54, 1.807) is 0 Å². The first kappa shape index (κ1) is 20.4. The van der Waals surface area contributed by atoms with Crippen molar-refractivity contribution < 1.29 is 29.3 Å². The third-order valence-electron chi connectivity index (χ3n) is 4.52. The Morgan fingerprint density at radius 2 is 1.79 bits per heavy atom. The fraction of sp³-hybridized carbons (Fsp3) is 0.529. The summed E-state index contributed by atoms with van der Waals surface area (Å²) in [6, 6.07) is 9.74. The van der Waals surface area contributed by atoms with Gasteiger partial charge in [0.1, 0.15) is 5.16 Å². The van der Waals surface area contributed by atoms with Crippen LogP contribution in [0.5, 0.6) is 0 Å². The lowest BCUT2D eigenvalue weighted by atomic mass is 9.97. The Morgan fingerprint density at radius 3 is 2.29 bits per heavy atom. The average molecular weight is 356 g/mol. The quantitative estimate of drug-likeness (QED) is 0.553. The Morgan fingerprint density at radius 1 is 1.21 bits per heavy atom. The molecule has 0 fully saturated rings. The predicted molar refractivity (Wildman–Crippen MR) is 91.7 cm³/mol. The molecule has 0 bridgehead atoms. The van der Waals surface area contributed by atoms with E-state index in [9.17, 15) is 24.2 Å². The summed E-state index contributed by atoms with van der Waals surface area (Å²) >= 11 is 0. The van der Waals surface area contributed by atoms with Gasteiger partial charge >= 0.3 is 11.9 Å². The molecule has 6 nitrogen and oxygen atoms in total. The molecular weight excluding hydrogens is 331 g/mol. The van der Waals surface area contributed by atoms with Crippen molar-refractivity contribution in [2.75, 3.05) is 6.16 Å². The van der Waals surface area contributed by atoms with Crippen molar-refractivity contribution in [3.8, 4) is 0 Å². The molecule has 1 aromatic carbocycles. The SMILES string of the molecule is CC(CCCP(=O)(O)C(C)(CCC(=O)O)C(=O)O)c1ccccc1. The largest absolute Gasteiger partial charge is 0.481 e. The van der Waals surface area contributed by atoms with Gasteiger partial charge in [-0.15, -0.1) is 0 Å². The predicted octanol–water partition coefficient (Wildman–Crippen LogP) is 3.55. The number of carboxylic acid groups (broad SMARTS) is 2. The maximum Gasteiger partial charge on any atom is 0.319 e. The molecule has 24 heavy (non-hydrogen) atoms. The lowest BCUT2D eigenvalue weighted by Gasteiger charge is -2.30. The van der Waals surface area contributed by atoms with Crippen LogP contribution >= 0.6 is 7.37 Å². The summed E-state index contributed by atoms with van der Waals surface area (Å²) in [4.78, 5) is 32.4. The highest BCUT2D eigenvalue weighted by atomic mass is 31.2. The van der Waals surface area contributed by atoms with E-state index in [1.807, 2.05) is 37.3 Å². The Hall–Kier alpha value is -1.65. The molecule has 0 amide bonds. The van der Waals surface area contributed by atoms with Gasteiger partial charge in [0.2, 0.25) is 7.37 Å². The molecule has 0 radical (unpaired) electrons. The van der Waals surface area contributed by atoms with Crippen molar-refractivity contribution in [1.82, 2.24) is 0 Å². The van der Waals surface area contributed by atoms with E-state index in [0.29, 0.717) is 12.8 Å². The molecule has 0 aliphatic carbocycles. The van der Waals surface area contributed by atoms with Gasteiger partial charge in [0.05, 0.1) is 0 Å². The summed E-state index contributed by atoms with van der Waals surface area (Å²) in [6.07, 6.45) is 0.114. The molecule has 134 valence electrons. The highest BCUT2D eigenvalue weighted by molar-refractivity contribution is 7.60. The molecule has 0 aliphatic rings. The molecule has 7 heteroatoms. The molecular formula is C17H25O6P. The summed E-state index contributed by atoms with van der Waals surface area (Å²) in [5.74, 6) is -2.41. The smallest absolute Gasteiger partial charge is 0.319 e. The highest BCUT2D eigenvalue weighted by Gasteiger charge is 2.49. The van der Waals surface area contributed by atoms with E-state index in [-0.39, 0.29) is 18.5 Å². The molecule has 0 saturated heterocycles. The van der Waals surface area contributed by atoms with E-state index in [0.717, 1.165) is 5.56 Å². The zero-order valence-corrected chi connectivity index (χ0v) is 14.9. The summed E-state index contributed by atoms with van der Waals surface area (Å²) < 4.78 is 12.6. The second-order valence-electron chi connectivity index (χ2n) is 6.35. The minimum absolute atomic E-state index is 0.132. The van der Waals surface area contributed by atoms with Crippen LogP contribution in [0.2, 0.25) is 0 Å². The lowest BCUT2D eigenvalue weighted by molar-refractivity contribution is -0.141. The van der Waals surface area contributed by atoms with Crippen molar-refractivity contribution in [1.29, 1.82) is 0 Å². The third-order valence-corrected chi connectivity index (χ3v) is 7.40. The zero-order chi connectivity index (χ0) is 18.4. The average Bonchev–Trinajstić information content (AvgIpc) is 2.52. The summed E-state index contributed by atoms with van der Waals surface area (Å²) in [7, 11) is -4.04. The van der Waals surface area contributed by atoms with Gasteiger partial charge in [0, 0.05) is 12.6 Å². The van der Waals surface area contributed by atoms with Crippen LogP contribution in [0.25, 0.3) is 0 Å². The van der Waals surface area contributed by atoms with Crippen molar-refractivity contribution in [3.63, 3.8) is 0 Å². The number of carboxylic acids is 2. The molecule has 1 aromatic rings. The second-order valence-corrected chi connectivity index (χ2v) is 9.19. The molecule has 0 aromatic heterocycles. The molecule has 3 unspecified atom stereocenters. The first-order valence-corrected chi connectivity index (χ1v) is 9.76. The van der Waals surface area contributed by atoms with E-state index < -0.39 is 30.9 Å². The van der Waals surface area contributed by atoms with Gasteiger partial charge in [0.15, 0.2) is 0 Å². The zero-order valence-electron chi connectivity index (χ0n) is 14.0.